The summed E-state index contributed by atoms with van der Waals surface area (Å²) in [7, 11) is 0. The summed E-state index contributed by atoms with van der Waals surface area (Å²) in [5.41, 5.74) is 2.48. The molecule has 1 aromatic rings. The Hall–Kier alpha value is -0.530. The molecule has 1 N–H and O–H groups in total. The first-order chi connectivity index (χ1) is 6.22. The van der Waals surface area contributed by atoms with E-state index in [1.165, 1.54) is 11.1 Å². The van der Waals surface area contributed by atoms with E-state index in [2.05, 4.69) is 37.4 Å². The summed E-state index contributed by atoms with van der Waals surface area (Å²) in [6, 6.07) is 8.88. The first kappa shape index (κ1) is 10.6. The summed E-state index contributed by atoms with van der Waals surface area (Å²) in [5.74, 6) is 0.593. The molecular formula is C11H16ClN. The lowest BCUT2D eigenvalue weighted by atomic mass is 10.1. The molecule has 0 bridgehead atoms. The minimum absolute atomic E-state index is 0.527. The van der Waals surface area contributed by atoms with Crippen LogP contribution in [0.2, 0.25) is 0 Å². The van der Waals surface area contributed by atoms with Gasteiger partial charge in [0.05, 0.1) is 0 Å². The molecule has 2 heteroatoms. The first-order valence-electron chi connectivity index (χ1n) is 4.59. The third kappa shape index (κ3) is 3.79. The van der Waals surface area contributed by atoms with Crippen molar-refractivity contribution in [2.45, 2.75) is 32.3 Å². The molecule has 0 spiro atoms. The molecule has 0 aliphatic rings. The molecule has 0 unspecified atom stereocenters. The summed E-state index contributed by atoms with van der Waals surface area (Å²) in [6.07, 6.45) is 0. The van der Waals surface area contributed by atoms with Crippen LogP contribution in [0.1, 0.15) is 25.0 Å². The van der Waals surface area contributed by atoms with Crippen LogP contribution in [0.3, 0.4) is 0 Å². The average Bonchev–Trinajstić information content (AvgIpc) is 2.15. The number of rotatable bonds is 4. The molecule has 0 radical (unpaired) electrons. The SMILES string of the molecule is CC(C)NCc1cccc(CCl)c1. The van der Waals surface area contributed by atoms with E-state index < -0.39 is 0 Å². The summed E-state index contributed by atoms with van der Waals surface area (Å²) in [4.78, 5) is 0. The van der Waals surface area contributed by atoms with E-state index in [1.807, 2.05) is 6.07 Å². The molecule has 0 aliphatic carbocycles. The van der Waals surface area contributed by atoms with Gasteiger partial charge in [0.1, 0.15) is 0 Å². The second kappa shape index (κ2) is 5.25. The highest BCUT2D eigenvalue weighted by Crippen LogP contribution is 2.07. The lowest BCUT2D eigenvalue weighted by Gasteiger charge is -2.08. The Bertz CT molecular complexity index is 258. The number of hydrogen-bond donors (Lipinski definition) is 1. The molecule has 0 aliphatic heterocycles. The number of benzene rings is 1. The van der Waals surface area contributed by atoms with E-state index in [0.717, 1.165) is 6.54 Å². The van der Waals surface area contributed by atoms with E-state index in [9.17, 15) is 0 Å². The monoisotopic (exact) mass is 197 g/mol. The van der Waals surface area contributed by atoms with Crippen LogP contribution < -0.4 is 5.32 Å². The van der Waals surface area contributed by atoms with Gasteiger partial charge in [0, 0.05) is 18.5 Å². The molecule has 0 atom stereocenters. The second-order valence-corrected chi connectivity index (χ2v) is 3.76. The van der Waals surface area contributed by atoms with Crippen LogP contribution in [0.5, 0.6) is 0 Å². The normalized spacial score (nSPS) is 10.8. The van der Waals surface area contributed by atoms with Gasteiger partial charge in [0.2, 0.25) is 0 Å². The van der Waals surface area contributed by atoms with Gasteiger partial charge in [-0.25, -0.2) is 0 Å². The molecular weight excluding hydrogens is 182 g/mol. The first-order valence-corrected chi connectivity index (χ1v) is 5.13. The minimum Gasteiger partial charge on any atom is -0.310 e. The number of halogens is 1. The van der Waals surface area contributed by atoms with Crippen LogP contribution in [-0.2, 0) is 12.4 Å². The molecule has 0 fully saturated rings. The fourth-order valence-corrected chi connectivity index (χ4v) is 1.31. The third-order valence-corrected chi connectivity index (χ3v) is 2.17. The molecule has 0 heterocycles. The van der Waals surface area contributed by atoms with Crippen molar-refractivity contribution in [2.24, 2.45) is 0 Å². The lowest BCUT2D eigenvalue weighted by Crippen LogP contribution is -2.21. The van der Waals surface area contributed by atoms with E-state index in [1.54, 1.807) is 0 Å². The zero-order valence-electron chi connectivity index (χ0n) is 8.18. The molecule has 13 heavy (non-hydrogen) atoms. The number of hydrogen-bond acceptors (Lipinski definition) is 1. The summed E-state index contributed by atoms with van der Waals surface area (Å²) >= 11 is 5.74. The molecule has 1 nitrogen and oxygen atoms in total. The summed E-state index contributed by atoms with van der Waals surface area (Å²) < 4.78 is 0. The zero-order valence-corrected chi connectivity index (χ0v) is 8.93. The lowest BCUT2D eigenvalue weighted by molar-refractivity contribution is 0.588. The van der Waals surface area contributed by atoms with Gasteiger partial charge in [-0.3, -0.25) is 0 Å². The molecule has 0 saturated carbocycles. The maximum Gasteiger partial charge on any atom is 0.0474 e. The van der Waals surface area contributed by atoms with Crippen molar-refractivity contribution in [2.75, 3.05) is 0 Å². The summed E-state index contributed by atoms with van der Waals surface area (Å²) in [6.45, 7) is 5.21. The molecule has 0 aromatic heterocycles. The third-order valence-electron chi connectivity index (χ3n) is 1.86. The maximum atomic E-state index is 5.74. The Morgan fingerprint density at radius 1 is 1.31 bits per heavy atom. The fourth-order valence-electron chi connectivity index (χ4n) is 1.14. The zero-order chi connectivity index (χ0) is 9.68. The highest BCUT2D eigenvalue weighted by molar-refractivity contribution is 6.17. The minimum atomic E-state index is 0.527. The van der Waals surface area contributed by atoms with E-state index >= 15 is 0 Å². The average molecular weight is 198 g/mol. The largest absolute Gasteiger partial charge is 0.310 e. The van der Waals surface area contributed by atoms with Gasteiger partial charge < -0.3 is 5.32 Å². The fraction of sp³-hybridized carbons (Fsp3) is 0.455. The Labute approximate surface area is 85.1 Å². The van der Waals surface area contributed by atoms with Crippen molar-refractivity contribution in [3.63, 3.8) is 0 Å². The van der Waals surface area contributed by atoms with Crippen molar-refractivity contribution >= 4 is 11.6 Å². The smallest absolute Gasteiger partial charge is 0.0474 e. The highest BCUT2D eigenvalue weighted by Gasteiger charge is 1.96. The molecule has 72 valence electrons. The van der Waals surface area contributed by atoms with Crippen molar-refractivity contribution in [3.05, 3.63) is 35.4 Å². The Morgan fingerprint density at radius 2 is 2.00 bits per heavy atom. The molecule has 1 aromatic carbocycles. The predicted octanol–water partition coefficient (Wildman–Crippen LogP) is 2.92. The van der Waals surface area contributed by atoms with Crippen LogP contribution >= 0.6 is 11.6 Å². The Morgan fingerprint density at radius 3 is 2.62 bits per heavy atom. The highest BCUT2D eigenvalue weighted by atomic mass is 35.5. The van der Waals surface area contributed by atoms with Crippen molar-refractivity contribution in [3.8, 4) is 0 Å². The van der Waals surface area contributed by atoms with Crippen molar-refractivity contribution in [1.82, 2.24) is 5.32 Å². The molecule has 0 saturated heterocycles. The van der Waals surface area contributed by atoms with Crippen LogP contribution in [-0.4, -0.2) is 6.04 Å². The second-order valence-electron chi connectivity index (χ2n) is 3.49. The van der Waals surface area contributed by atoms with Crippen molar-refractivity contribution < 1.29 is 0 Å². The van der Waals surface area contributed by atoms with Gasteiger partial charge in [-0.2, -0.15) is 0 Å². The van der Waals surface area contributed by atoms with Gasteiger partial charge in [0.15, 0.2) is 0 Å². The number of alkyl halides is 1. The predicted molar refractivity (Wildman–Crippen MR) is 58.0 cm³/mol. The van der Waals surface area contributed by atoms with E-state index in [0.29, 0.717) is 11.9 Å². The van der Waals surface area contributed by atoms with Gasteiger partial charge in [-0.1, -0.05) is 38.1 Å². The van der Waals surface area contributed by atoms with Gasteiger partial charge in [0.25, 0.3) is 0 Å². The molecule has 0 amide bonds. The van der Waals surface area contributed by atoms with E-state index in [4.69, 9.17) is 11.6 Å². The topological polar surface area (TPSA) is 12.0 Å². The van der Waals surface area contributed by atoms with Crippen LogP contribution in [0.4, 0.5) is 0 Å². The Balaban J connectivity index is 2.56. The molecule has 1 rings (SSSR count). The Kier molecular flexibility index (Phi) is 4.26. The van der Waals surface area contributed by atoms with Gasteiger partial charge >= 0.3 is 0 Å². The maximum absolute atomic E-state index is 5.74. The van der Waals surface area contributed by atoms with Crippen LogP contribution in [0.15, 0.2) is 24.3 Å². The number of nitrogens with one attached hydrogen (secondary N) is 1. The quantitative estimate of drug-likeness (QED) is 0.732. The van der Waals surface area contributed by atoms with Gasteiger partial charge in [-0.15, -0.1) is 11.6 Å². The van der Waals surface area contributed by atoms with Crippen LogP contribution in [0.25, 0.3) is 0 Å². The van der Waals surface area contributed by atoms with E-state index in [-0.39, 0.29) is 0 Å². The van der Waals surface area contributed by atoms with Gasteiger partial charge in [-0.05, 0) is 11.1 Å². The standard InChI is InChI=1S/C11H16ClN/c1-9(2)13-8-11-5-3-4-10(6-11)7-12/h3-6,9,13H,7-8H2,1-2H3. The van der Waals surface area contributed by atoms with Crippen LogP contribution in [0, 0.1) is 0 Å². The summed E-state index contributed by atoms with van der Waals surface area (Å²) in [5, 5.41) is 3.37. The van der Waals surface area contributed by atoms with Crippen molar-refractivity contribution in [1.29, 1.82) is 0 Å².